The summed E-state index contributed by atoms with van der Waals surface area (Å²) in [5, 5.41) is 22.8. The maximum atomic E-state index is 10.2. The maximum Gasteiger partial charge on any atom is 0.0996 e. The molecular weight excluding hydrogens is 228 g/mol. The molecule has 1 saturated carbocycles. The molecule has 0 amide bonds. The third kappa shape index (κ3) is 2.04. The first kappa shape index (κ1) is 12.4. The quantitative estimate of drug-likeness (QED) is 0.490. The van der Waals surface area contributed by atoms with Gasteiger partial charge in [0.25, 0.3) is 0 Å². The molecule has 5 heteroatoms. The molecule has 1 N–H and O–H groups in total. The number of aliphatic hydroxyl groups excluding tert-OH is 1. The number of nitriles is 1. The van der Waals surface area contributed by atoms with Crippen LogP contribution in [0, 0.1) is 11.3 Å². The zero-order valence-electron chi connectivity index (χ0n) is 9.95. The second-order valence-corrected chi connectivity index (χ2v) is 4.56. The van der Waals surface area contributed by atoms with Crippen LogP contribution in [0.3, 0.4) is 0 Å². The predicted molar refractivity (Wildman–Crippen MR) is 66.5 cm³/mol. The number of aliphatic hydroxyl groups is 1. The predicted octanol–water partition coefficient (Wildman–Crippen LogP) is 3.00. The van der Waals surface area contributed by atoms with E-state index in [0.717, 1.165) is 18.4 Å². The number of hydrogen-bond acceptors (Lipinski definition) is 3. The molecule has 1 aliphatic carbocycles. The molecule has 2 atom stereocenters. The summed E-state index contributed by atoms with van der Waals surface area (Å²) in [7, 11) is 0. The smallest absolute Gasteiger partial charge is 0.0996 e. The molecule has 1 fully saturated rings. The molecule has 92 valence electrons. The van der Waals surface area contributed by atoms with Crippen LogP contribution in [-0.4, -0.2) is 11.2 Å². The molecule has 0 heterocycles. The lowest BCUT2D eigenvalue weighted by Crippen LogP contribution is -2.40. The van der Waals surface area contributed by atoms with Gasteiger partial charge in [0.15, 0.2) is 0 Å². The number of azide groups is 1. The van der Waals surface area contributed by atoms with Gasteiger partial charge in [-0.25, -0.2) is 0 Å². The van der Waals surface area contributed by atoms with Crippen LogP contribution in [0.2, 0.25) is 0 Å². The highest BCUT2D eigenvalue weighted by atomic mass is 16.3. The summed E-state index contributed by atoms with van der Waals surface area (Å²) in [5.74, 6) is 0. The molecular formula is C13H14N4O. The molecule has 0 aromatic heterocycles. The van der Waals surface area contributed by atoms with Gasteiger partial charge in [-0.3, -0.25) is 0 Å². The standard InChI is InChI=1S/C13H14N4O/c14-9-10-4-6-11(7-5-10)13(16-17-15)8-2-1-3-12(13)18/h4-7,12,18H,1-3,8H2. The van der Waals surface area contributed by atoms with Crippen molar-refractivity contribution < 1.29 is 5.11 Å². The largest absolute Gasteiger partial charge is 0.392 e. The lowest BCUT2D eigenvalue weighted by Gasteiger charge is -2.38. The second kappa shape index (κ2) is 5.09. The van der Waals surface area contributed by atoms with Crippen molar-refractivity contribution in [3.05, 3.63) is 45.8 Å². The Balaban J connectivity index is 2.46. The second-order valence-electron chi connectivity index (χ2n) is 4.56. The zero-order chi connectivity index (χ0) is 13.0. The van der Waals surface area contributed by atoms with E-state index in [1.165, 1.54) is 0 Å². The third-order valence-electron chi connectivity index (χ3n) is 3.57. The van der Waals surface area contributed by atoms with Gasteiger partial charge < -0.3 is 5.11 Å². The summed E-state index contributed by atoms with van der Waals surface area (Å²) in [6.45, 7) is 0. The summed E-state index contributed by atoms with van der Waals surface area (Å²) in [5.41, 5.74) is 9.22. The van der Waals surface area contributed by atoms with Gasteiger partial charge in [0.05, 0.1) is 23.3 Å². The minimum atomic E-state index is -0.874. The van der Waals surface area contributed by atoms with Crippen LogP contribution in [0.1, 0.15) is 36.8 Å². The fourth-order valence-corrected chi connectivity index (χ4v) is 2.56. The van der Waals surface area contributed by atoms with Crippen LogP contribution >= 0.6 is 0 Å². The summed E-state index contributed by atoms with van der Waals surface area (Å²) in [6, 6.07) is 8.95. The summed E-state index contributed by atoms with van der Waals surface area (Å²) >= 11 is 0. The van der Waals surface area contributed by atoms with Crippen LogP contribution in [0.25, 0.3) is 10.4 Å². The average molecular weight is 242 g/mol. The van der Waals surface area contributed by atoms with Crippen LogP contribution in [0.15, 0.2) is 29.4 Å². The molecule has 0 spiro atoms. The number of hydrogen-bond donors (Lipinski definition) is 1. The van der Waals surface area contributed by atoms with Crippen molar-refractivity contribution in [3.8, 4) is 6.07 Å². The van der Waals surface area contributed by atoms with Crippen LogP contribution in [0.5, 0.6) is 0 Å². The topological polar surface area (TPSA) is 92.8 Å². The Morgan fingerprint density at radius 2 is 2.11 bits per heavy atom. The van der Waals surface area contributed by atoms with Gasteiger partial charge in [0.2, 0.25) is 0 Å². The van der Waals surface area contributed by atoms with E-state index in [1.54, 1.807) is 24.3 Å². The fourth-order valence-electron chi connectivity index (χ4n) is 2.56. The number of benzene rings is 1. The van der Waals surface area contributed by atoms with E-state index < -0.39 is 11.6 Å². The summed E-state index contributed by atoms with van der Waals surface area (Å²) < 4.78 is 0. The van der Waals surface area contributed by atoms with Crippen molar-refractivity contribution in [3.63, 3.8) is 0 Å². The van der Waals surface area contributed by atoms with E-state index in [0.29, 0.717) is 18.4 Å². The van der Waals surface area contributed by atoms with Crippen LogP contribution < -0.4 is 0 Å². The Kier molecular flexibility index (Phi) is 3.52. The molecule has 18 heavy (non-hydrogen) atoms. The van der Waals surface area contributed by atoms with Crippen LogP contribution in [0.4, 0.5) is 0 Å². The van der Waals surface area contributed by atoms with Crippen molar-refractivity contribution in [1.29, 1.82) is 5.26 Å². The highest BCUT2D eigenvalue weighted by molar-refractivity contribution is 5.36. The Morgan fingerprint density at radius 1 is 1.39 bits per heavy atom. The molecule has 2 rings (SSSR count). The van der Waals surface area contributed by atoms with Gasteiger partial charge in [0.1, 0.15) is 0 Å². The Bertz CT molecular complexity index is 513. The van der Waals surface area contributed by atoms with Gasteiger partial charge in [-0.15, -0.1) is 0 Å². The maximum absolute atomic E-state index is 10.2. The normalized spacial score (nSPS) is 27.0. The first-order valence-electron chi connectivity index (χ1n) is 5.98. The van der Waals surface area contributed by atoms with Crippen molar-refractivity contribution in [2.45, 2.75) is 37.3 Å². The molecule has 0 bridgehead atoms. The monoisotopic (exact) mass is 242 g/mol. The fraction of sp³-hybridized carbons (Fsp3) is 0.462. The molecule has 0 aliphatic heterocycles. The minimum Gasteiger partial charge on any atom is -0.392 e. The van der Waals surface area contributed by atoms with Crippen molar-refractivity contribution in [2.75, 3.05) is 0 Å². The van der Waals surface area contributed by atoms with Gasteiger partial charge in [0, 0.05) is 4.91 Å². The third-order valence-corrected chi connectivity index (χ3v) is 3.57. The first-order chi connectivity index (χ1) is 8.73. The lowest BCUT2D eigenvalue weighted by atomic mass is 9.75. The van der Waals surface area contributed by atoms with Gasteiger partial charge >= 0.3 is 0 Å². The Morgan fingerprint density at radius 3 is 2.67 bits per heavy atom. The Labute approximate surface area is 105 Å². The first-order valence-corrected chi connectivity index (χ1v) is 5.98. The molecule has 0 saturated heterocycles. The molecule has 1 aromatic carbocycles. The molecule has 1 aromatic rings. The van der Waals surface area contributed by atoms with E-state index in [4.69, 9.17) is 10.8 Å². The average Bonchev–Trinajstić information content (AvgIpc) is 2.42. The van der Waals surface area contributed by atoms with E-state index in [-0.39, 0.29) is 0 Å². The zero-order valence-corrected chi connectivity index (χ0v) is 9.95. The molecule has 1 aliphatic rings. The van der Waals surface area contributed by atoms with E-state index in [9.17, 15) is 5.11 Å². The summed E-state index contributed by atoms with van der Waals surface area (Å²) in [6.07, 6.45) is 2.49. The number of nitrogens with zero attached hydrogens (tertiary/aromatic N) is 4. The minimum absolute atomic E-state index is 0.556. The van der Waals surface area contributed by atoms with E-state index in [2.05, 4.69) is 10.0 Å². The van der Waals surface area contributed by atoms with Gasteiger partial charge in [-0.2, -0.15) is 5.26 Å². The summed E-state index contributed by atoms with van der Waals surface area (Å²) in [4.78, 5) is 2.90. The number of rotatable bonds is 2. The van der Waals surface area contributed by atoms with Gasteiger partial charge in [-0.05, 0) is 36.1 Å². The molecule has 0 radical (unpaired) electrons. The van der Waals surface area contributed by atoms with Gasteiger partial charge in [-0.1, -0.05) is 30.1 Å². The molecule has 5 nitrogen and oxygen atoms in total. The van der Waals surface area contributed by atoms with E-state index in [1.807, 2.05) is 6.07 Å². The highest BCUT2D eigenvalue weighted by Crippen LogP contribution is 2.41. The van der Waals surface area contributed by atoms with E-state index >= 15 is 0 Å². The SMILES string of the molecule is N#Cc1ccc(C2(N=[N+]=[N-])CCCCC2O)cc1. The van der Waals surface area contributed by atoms with Crippen molar-refractivity contribution >= 4 is 0 Å². The van der Waals surface area contributed by atoms with Crippen molar-refractivity contribution in [2.24, 2.45) is 5.11 Å². The lowest BCUT2D eigenvalue weighted by molar-refractivity contribution is 0.0453. The van der Waals surface area contributed by atoms with Crippen LogP contribution in [-0.2, 0) is 5.54 Å². The highest BCUT2D eigenvalue weighted by Gasteiger charge is 2.40. The molecule has 2 unspecified atom stereocenters. The van der Waals surface area contributed by atoms with Crippen molar-refractivity contribution in [1.82, 2.24) is 0 Å². The Hall–Kier alpha value is -2.02.